The third-order valence-electron chi connectivity index (χ3n) is 2.51. The molecule has 0 radical (unpaired) electrons. The van der Waals surface area contributed by atoms with Gasteiger partial charge >= 0.3 is 0 Å². The normalized spacial score (nSPS) is 16.9. The average molecular weight is 245 g/mol. The summed E-state index contributed by atoms with van der Waals surface area (Å²) in [7, 11) is 1.60. The number of methoxy groups -OCH3 is 1. The number of aromatic nitrogens is 2. The van der Waals surface area contributed by atoms with Gasteiger partial charge in [0.25, 0.3) is 0 Å². The minimum atomic E-state index is 0.396. The Balaban J connectivity index is 2.15. The number of halogens is 1. The SMILES string of the molecule is COc1c(Cl)ncnc1SC1CCCC1. The first-order valence-corrected chi connectivity index (χ1v) is 6.28. The fourth-order valence-electron chi connectivity index (χ4n) is 1.76. The van der Waals surface area contributed by atoms with Gasteiger partial charge < -0.3 is 4.74 Å². The van der Waals surface area contributed by atoms with Gasteiger partial charge in [-0.05, 0) is 12.8 Å². The summed E-state index contributed by atoms with van der Waals surface area (Å²) in [6, 6.07) is 0. The molecule has 0 amide bonds. The quantitative estimate of drug-likeness (QED) is 0.765. The fourth-order valence-corrected chi connectivity index (χ4v) is 3.30. The lowest BCUT2D eigenvalue weighted by atomic mass is 10.4. The molecule has 0 spiro atoms. The van der Waals surface area contributed by atoms with E-state index < -0.39 is 0 Å². The van der Waals surface area contributed by atoms with Gasteiger partial charge in [0.15, 0.2) is 10.9 Å². The van der Waals surface area contributed by atoms with Gasteiger partial charge in [-0.3, -0.25) is 0 Å². The average Bonchev–Trinajstić information content (AvgIpc) is 2.71. The van der Waals surface area contributed by atoms with Gasteiger partial charge in [0.1, 0.15) is 11.4 Å². The van der Waals surface area contributed by atoms with Crippen molar-refractivity contribution < 1.29 is 4.74 Å². The Bertz CT molecular complexity index is 342. The summed E-state index contributed by atoms with van der Waals surface area (Å²) in [5.41, 5.74) is 0. The maximum Gasteiger partial charge on any atom is 0.188 e. The summed E-state index contributed by atoms with van der Waals surface area (Å²) in [6.45, 7) is 0. The van der Waals surface area contributed by atoms with Gasteiger partial charge in [0.05, 0.1) is 7.11 Å². The second kappa shape index (κ2) is 5.03. The second-order valence-corrected chi connectivity index (χ2v) is 5.17. The topological polar surface area (TPSA) is 35.0 Å². The Kier molecular flexibility index (Phi) is 3.70. The van der Waals surface area contributed by atoms with Crippen molar-refractivity contribution in [1.29, 1.82) is 0 Å². The van der Waals surface area contributed by atoms with Gasteiger partial charge in [-0.15, -0.1) is 0 Å². The predicted octanol–water partition coefficient (Wildman–Crippen LogP) is 3.17. The predicted molar refractivity (Wildman–Crippen MR) is 61.7 cm³/mol. The van der Waals surface area contributed by atoms with E-state index in [-0.39, 0.29) is 0 Å². The van der Waals surface area contributed by atoms with Crippen molar-refractivity contribution in [2.75, 3.05) is 7.11 Å². The number of hydrogen-bond donors (Lipinski definition) is 0. The largest absolute Gasteiger partial charge is 0.491 e. The highest BCUT2D eigenvalue weighted by Crippen LogP contribution is 2.39. The van der Waals surface area contributed by atoms with E-state index in [9.17, 15) is 0 Å². The molecular formula is C10H13ClN2OS. The lowest BCUT2D eigenvalue weighted by molar-refractivity contribution is 0.398. The highest BCUT2D eigenvalue weighted by molar-refractivity contribution is 8.00. The molecule has 1 aliphatic carbocycles. The summed E-state index contributed by atoms with van der Waals surface area (Å²) in [6.07, 6.45) is 6.64. The lowest BCUT2D eigenvalue weighted by Gasteiger charge is -2.11. The first kappa shape index (κ1) is 11.0. The van der Waals surface area contributed by atoms with Crippen LogP contribution in [0.4, 0.5) is 0 Å². The number of thioether (sulfide) groups is 1. The van der Waals surface area contributed by atoms with Crippen molar-refractivity contribution in [2.45, 2.75) is 36.0 Å². The molecule has 2 rings (SSSR count). The van der Waals surface area contributed by atoms with E-state index in [1.54, 1.807) is 18.9 Å². The van der Waals surface area contributed by atoms with Crippen LogP contribution < -0.4 is 4.74 Å². The fraction of sp³-hybridized carbons (Fsp3) is 0.600. The second-order valence-electron chi connectivity index (χ2n) is 3.53. The lowest BCUT2D eigenvalue weighted by Crippen LogP contribution is -1.98. The van der Waals surface area contributed by atoms with E-state index in [0.29, 0.717) is 16.2 Å². The van der Waals surface area contributed by atoms with Gasteiger partial charge in [0, 0.05) is 5.25 Å². The van der Waals surface area contributed by atoms with E-state index in [1.165, 1.54) is 32.0 Å². The van der Waals surface area contributed by atoms with Crippen LogP contribution in [0.3, 0.4) is 0 Å². The van der Waals surface area contributed by atoms with Crippen molar-refractivity contribution >= 4 is 23.4 Å². The molecule has 3 nitrogen and oxygen atoms in total. The van der Waals surface area contributed by atoms with Crippen LogP contribution in [0.1, 0.15) is 25.7 Å². The van der Waals surface area contributed by atoms with E-state index in [4.69, 9.17) is 16.3 Å². The number of ether oxygens (including phenoxy) is 1. The van der Waals surface area contributed by atoms with Gasteiger partial charge in [-0.1, -0.05) is 36.2 Å². The zero-order valence-electron chi connectivity index (χ0n) is 8.57. The molecule has 1 saturated carbocycles. The van der Waals surface area contributed by atoms with E-state index in [1.807, 2.05) is 0 Å². The smallest absolute Gasteiger partial charge is 0.188 e. The molecule has 1 fully saturated rings. The number of nitrogens with zero attached hydrogens (tertiary/aromatic N) is 2. The summed E-state index contributed by atoms with van der Waals surface area (Å²) in [5.74, 6) is 0.607. The molecule has 0 saturated heterocycles. The monoisotopic (exact) mass is 244 g/mol. The van der Waals surface area contributed by atoms with Crippen LogP contribution in [0.15, 0.2) is 11.4 Å². The van der Waals surface area contributed by atoms with Crippen LogP contribution in [0.5, 0.6) is 5.75 Å². The van der Waals surface area contributed by atoms with Crippen LogP contribution in [-0.4, -0.2) is 22.3 Å². The van der Waals surface area contributed by atoms with Crippen LogP contribution in [0.25, 0.3) is 0 Å². The highest BCUT2D eigenvalue weighted by Gasteiger charge is 2.20. The molecule has 15 heavy (non-hydrogen) atoms. The zero-order valence-corrected chi connectivity index (χ0v) is 10.1. The molecule has 0 aliphatic heterocycles. The van der Waals surface area contributed by atoms with Crippen molar-refractivity contribution in [1.82, 2.24) is 9.97 Å². The molecule has 0 aromatic carbocycles. The van der Waals surface area contributed by atoms with Crippen molar-refractivity contribution in [2.24, 2.45) is 0 Å². The van der Waals surface area contributed by atoms with E-state index in [2.05, 4.69) is 9.97 Å². The Morgan fingerprint density at radius 2 is 2.13 bits per heavy atom. The molecule has 1 heterocycles. The molecule has 1 aromatic rings. The van der Waals surface area contributed by atoms with Gasteiger partial charge in [-0.25, -0.2) is 9.97 Å². The Hall–Kier alpha value is -0.480. The molecule has 1 aliphatic rings. The highest BCUT2D eigenvalue weighted by atomic mass is 35.5. The van der Waals surface area contributed by atoms with Crippen LogP contribution in [0.2, 0.25) is 5.15 Å². The molecule has 82 valence electrons. The van der Waals surface area contributed by atoms with E-state index in [0.717, 1.165) is 5.03 Å². The van der Waals surface area contributed by atoms with Crippen molar-refractivity contribution in [3.63, 3.8) is 0 Å². The minimum absolute atomic E-state index is 0.396. The standard InChI is InChI=1S/C10H13ClN2OS/c1-14-8-9(11)12-6-13-10(8)15-7-4-2-3-5-7/h6-7H,2-5H2,1H3. The Morgan fingerprint density at radius 3 is 2.80 bits per heavy atom. The maximum atomic E-state index is 5.93. The zero-order chi connectivity index (χ0) is 10.7. The van der Waals surface area contributed by atoms with Crippen molar-refractivity contribution in [3.05, 3.63) is 11.5 Å². The summed E-state index contributed by atoms with van der Waals surface area (Å²) in [5, 5.41) is 1.92. The van der Waals surface area contributed by atoms with E-state index >= 15 is 0 Å². The summed E-state index contributed by atoms with van der Waals surface area (Å²) < 4.78 is 5.21. The number of rotatable bonds is 3. The van der Waals surface area contributed by atoms with Gasteiger partial charge in [-0.2, -0.15) is 0 Å². The first-order chi connectivity index (χ1) is 7.31. The Morgan fingerprint density at radius 1 is 1.40 bits per heavy atom. The van der Waals surface area contributed by atoms with Crippen LogP contribution >= 0.6 is 23.4 Å². The molecule has 0 bridgehead atoms. The summed E-state index contributed by atoms with van der Waals surface area (Å²) >= 11 is 7.68. The molecule has 0 unspecified atom stereocenters. The molecule has 0 N–H and O–H groups in total. The maximum absolute atomic E-state index is 5.93. The van der Waals surface area contributed by atoms with Crippen LogP contribution in [-0.2, 0) is 0 Å². The first-order valence-electron chi connectivity index (χ1n) is 5.02. The summed E-state index contributed by atoms with van der Waals surface area (Å²) in [4.78, 5) is 8.12. The molecule has 0 atom stereocenters. The number of hydrogen-bond acceptors (Lipinski definition) is 4. The minimum Gasteiger partial charge on any atom is -0.491 e. The molecule has 1 aromatic heterocycles. The Labute approximate surface area is 98.6 Å². The van der Waals surface area contributed by atoms with Crippen LogP contribution in [0, 0.1) is 0 Å². The third kappa shape index (κ3) is 2.55. The molecular weight excluding hydrogens is 232 g/mol. The molecule has 5 heteroatoms. The third-order valence-corrected chi connectivity index (χ3v) is 4.10. The van der Waals surface area contributed by atoms with Crippen molar-refractivity contribution in [3.8, 4) is 5.75 Å². The van der Waals surface area contributed by atoms with Gasteiger partial charge in [0.2, 0.25) is 0 Å².